The van der Waals surface area contributed by atoms with Gasteiger partial charge in [-0.1, -0.05) is 6.92 Å². The van der Waals surface area contributed by atoms with Crippen LogP contribution in [-0.4, -0.2) is 33.8 Å². The maximum absolute atomic E-state index is 5.92. The fourth-order valence-corrected chi connectivity index (χ4v) is 2.32. The molecule has 2 rings (SSSR count). The van der Waals surface area contributed by atoms with E-state index in [9.17, 15) is 0 Å². The Hall–Kier alpha value is -0.870. The molecule has 1 aromatic rings. The van der Waals surface area contributed by atoms with Crippen molar-refractivity contribution >= 4 is 0 Å². The van der Waals surface area contributed by atoms with Crippen LogP contribution in [0.4, 0.5) is 0 Å². The first-order valence-electron chi connectivity index (χ1n) is 6.26. The maximum Gasteiger partial charge on any atom is 0.0625 e. The Morgan fingerprint density at radius 3 is 2.88 bits per heavy atom. The lowest BCUT2D eigenvalue weighted by molar-refractivity contribution is 0.315. The van der Waals surface area contributed by atoms with E-state index < -0.39 is 0 Å². The molecule has 0 aromatic carbocycles. The second kappa shape index (κ2) is 4.97. The molecule has 2 heterocycles. The van der Waals surface area contributed by atoms with Crippen molar-refractivity contribution in [1.82, 2.24) is 14.7 Å². The highest BCUT2D eigenvalue weighted by Crippen LogP contribution is 2.13. The SMILES string of the molecule is CCc1cc(CN2CCC(N)C2)n(CC)n1. The fourth-order valence-electron chi connectivity index (χ4n) is 2.32. The third-order valence-electron chi connectivity index (χ3n) is 3.27. The van der Waals surface area contributed by atoms with Crippen LogP contribution in [-0.2, 0) is 19.5 Å². The Balaban J connectivity index is 2.05. The van der Waals surface area contributed by atoms with Crippen molar-refractivity contribution in [3.05, 3.63) is 17.5 Å². The Bertz CT molecular complexity index is 345. The molecule has 0 aliphatic carbocycles. The minimum atomic E-state index is 0.364. The molecule has 1 unspecified atom stereocenters. The molecular formula is C12H22N4. The third kappa shape index (κ3) is 2.44. The quantitative estimate of drug-likeness (QED) is 0.826. The predicted molar refractivity (Wildman–Crippen MR) is 65.1 cm³/mol. The van der Waals surface area contributed by atoms with Crippen LogP contribution in [0.3, 0.4) is 0 Å². The molecule has 90 valence electrons. The van der Waals surface area contributed by atoms with Crippen LogP contribution >= 0.6 is 0 Å². The van der Waals surface area contributed by atoms with Gasteiger partial charge in [-0.15, -0.1) is 0 Å². The standard InChI is InChI=1S/C12H22N4/c1-3-11-7-12(16(4-2)14-11)9-15-6-5-10(13)8-15/h7,10H,3-6,8-9,13H2,1-2H3. The summed E-state index contributed by atoms with van der Waals surface area (Å²) in [6, 6.07) is 2.59. The second-order valence-corrected chi connectivity index (χ2v) is 4.58. The van der Waals surface area contributed by atoms with E-state index in [0.717, 1.165) is 39.0 Å². The van der Waals surface area contributed by atoms with Crippen LogP contribution in [0, 0.1) is 0 Å². The van der Waals surface area contributed by atoms with E-state index >= 15 is 0 Å². The lowest BCUT2D eigenvalue weighted by Crippen LogP contribution is -2.27. The molecule has 4 heteroatoms. The van der Waals surface area contributed by atoms with Gasteiger partial charge in [0, 0.05) is 32.2 Å². The molecule has 0 bridgehead atoms. The average molecular weight is 222 g/mol. The van der Waals surface area contributed by atoms with E-state index in [4.69, 9.17) is 5.73 Å². The molecule has 0 spiro atoms. The van der Waals surface area contributed by atoms with Gasteiger partial charge in [-0.25, -0.2) is 0 Å². The number of aromatic nitrogens is 2. The Kier molecular flexibility index (Phi) is 3.61. The molecule has 1 fully saturated rings. The lowest BCUT2D eigenvalue weighted by Gasteiger charge is -2.15. The smallest absolute Gasteiger partial charge is 0.0625 e. The number of nitrogens with zero attached hydrogens (tertiary/aromatic N) is 3. The van der Waals surface area contributed by atoms with Crippen molar-refractivity contribution in [3.8, 4) is 0 Å². The van der Waals surface area contributed by atoms with E-state index in [-0.39, 0.29) is 0 Å². The van der Waals surface area contributed by atoms with E-state index in [1.165, 1.54) is 11.4 Å². The Morgan fingerprint density at radius 1 is 1.50 bits per heavy atom. The van der Waals surface area contributed by atoms with Crippen molar-refractivity contribution < 1.29 is 0 Å². The first kappa shape index (κ1) is 11.6. The topological polar surface area (TPSA) is 47.1 Å². The molecule has 1 atom stereocenters. The maximum atomic E-state index is 5.92. The second-order valence-electron chi connectivity index (χ2n) is 4.58. The van der Waals surface area contributed by atoms with Gasteiger partial charge in [0.25, 0.3) is 0 Å². The average Bonchev–Trinajstić information content (AvgIpc) is 2.85. The number of likely N-dealkylation sites (tertiary alicyclic amines) is 1. The van der Waals surface area contributed by atoms with Gasteiger partial charge >= 0.3 is 0 Å². The zero-order valence-corrected chi connectivity index (χ0v) is 10.3. The van der Waals surface area contributed by atoms with Gasteiger partial charge in [0.15, 0.2) is 0 Å². The van der Waals surface area contributed by atoms with Crippen LogP contribution in [0.5, 0.6) is 0 Å². The highest BCUT2D eigenvalue weighted by atomic mass is 15.3. The summed E-state index contributed by atoms with van der Waals surface area (Å²) in [5.41, 5.74) is 8.44. The summed E-state index contributed by atoms with van der Waals surface area (Å²) in [5.74, 6) is 0. The van der Waals surface area contributed by atoms with Crippen LogP contribution in [0.15, 0.2) is 6.07 Å². The van der Waals surface area contributed by atoms with Gasteiger partial charge in [0.2, 0.25) is 0 Å². The van der Waals surface area contributed by atoms with Gasteiger partial charge in [-0.2, -0.15) is 5.10 Å². The molecule has 0 saturated carbocycles. The normalized spacial score (nSPS) is 21.8. The van der Waals surface area contributed by atoms with E-state index in [1.54, 1.807) is 0 Å². The van der Waals surface area contributed by atoms with Gasteiger partial charge in [0.05, 0.1) is 11.4 Å². The first-order valence-corrected chi connectivity index (χ1v) is 6.26. The number of aryl methyl sites for hydroxylation is 2. The molecule has 2 N–H and O–H groups in total. The van der Waals surface area contributed by atoms with Gasteiger partial charge in [-0.3, -0.25) is 9.58 Å². The molecule has 1 saturated heterocycles. The van der Waals surface area contributed by atoms with E-state index in [1.807, 2.05) is 0 Å². The summed E-state index contributed by atoms with van der Waals surface area (Å²) in [6.45, 7) is 8.39. The van der Waals surface area contributed by atoms with Crippen molar-refractivity contribution in [2.75, 3.05) is 13.1 Å². The summed E-state index contributed by atoms with van der Waals surface area (Å²) in [7, 11) is 0. The largest absolute Gasteiger partial charge is 0.326 e. The molecule has 1 aliphatic rings. The van der Waals surface area contributed by atoms with Crippen LogP contribution in [0.25, 0.3) is 0 Å². The number of hydrogen-bond donors (Lipinski definition) is 1. The molecular weight excluding hydrogens is 200 g/mol. The van der Waals surface area contributed by atoms with Gasteiger partial charge in [0.1, 0.15) is 0 Å². The zero-order valence-electron chi connectivity index (χ0n) is 10.3. The van der Waals surface area contributed by atoms with Crippen molar-refractivity contribution in [3.63, 3.8) is 0 Å². The molecule has 1 aromatic heterocycles. The highest BCUT2D eigenvalue weighted by Gasteiger charge is 2.20. The monoisotopic (exact) mass is 222 g/mol. The zero-order chi connectivity index (χ0) is 11.5. The van der Waals surface area contributed by atoms with E-state index in [2.05, 4.69) is 34.6 Å². The fraction of sp³-hybridized carbons (Fsp3) is 0.750. The minimum Gasteiger partial charge on any atom is -0.326 e. The van der Waals surface area contributed by atoms with Crippen LogP contribution < -0.4 is 5.73 Å². The molecule has 4 nitrogen and oxygen atoms in total. The van der Waals surface area contributed by atoms with Crippen LogP contribution in [0.1, 0.15) is 31.7 Å². The summed E-state index contributed by atoms with van der Waals surface area (Å²) < 4.78 is 2.11. The Morgan fingerprint density at radius 2 is 2.31 bits per heavy atom. The van der Waals surface area contributed by atoms with E-state index in [0.29, 0.717) is 6.04 Å². The lowest BCUT2D eigenvalue weighted by atomic mass is 10.3. The molecule has 1 aliphatic heterocycles. The first-order chi connectivity index (χ1) is 7.72. The summed E-state index contributed by atoms with van der Waals surface area (Å²) >= 11 is 0. The summed E-state index contributed by atoms with van der Waals surface area (Å²) in [4.78, 5) is 2.42. The van der Waals surface area contributed by atoms with Gasteiger partial charge < -0.3 is 5.73 Å². The molecule has 16 heavy (non-hydrogen) atoms. The highest BCUT2D eigenvalue weighted by molar-refractivity contribution is 5.10. The van der Waals surface area contributed by atoms with Crippen molar-refractivity contribution in [2.24, 2.45) is 5.73 Å². The third-order valence-corrected chi connectivity index (χ3v) is 3.27. The number of nitrogens with two attached hydrogens (primary N) is 1. The minimum absolute atomic E-state index is 0.364. The number of hydrogen-bond acceptors (Lipinski definition) is 3. The summed E-state index contributed by atoms with van der Waals surface area (Å²) in [6.07, 6.45) is 2.14. The molecule has 0 radical (unpaired) electrons. The Labute approximate surface area is 97.4 Å². The van der Waals surface area contributed by atoms with Crippen molar-refractivity contribution in [1.29, 1.82) is 0 Å². The molecule has 0 amide bonds. The van der Waals surface area contributed by atoms with Crippen molar-refractivity contribution in [2.45, 2.75) is 45.8 Å². The van der Waals surface area contributed by atoms with Crippen LogP contribution in [0.2, 0.25) is 0 Å². The van der Waals surface area contributed by atoms with Gasteiger partial charge in [-0.05, 0) is 25.8 Å². The summed E-state index contributed by atoms with van der Waals surface area (Å²) in [5, 5.41) is 4.57. The number of rotatable bonds is 4. The predicted octanol–water partition coefficient (Wildman–Crippen LogP) is 0.998.